The zero-order chi connectivity index (χ0) is 13.7. The van der Waals surface area contributed by atoms with Crippen LogP contribution in [0.5, 0.6) is 0 Å². The van der Waals surface area contributed by atoms with E-state index in [0.717, 1.165) is 5.69 Å². The quantitative estimate of drug-likeness (QED) is 0.842. The summed E-state index contributed by atoms with van der Waals surface area (Å²) in [5.41, 5.74) is 1.64. The summed E-state index contributed by atoms with van der Waals surface area (Å²) in [6.45, 7) is 2.46. The highest BCUT2D eigenvalue weighted by atomic mass is 16.2. The first-order chi connectivity index (χ1) is 9.26. The van der Waals surface area contributed by atoms with Gasteiger partial charge >= 0.3 is 0 Å². The van der Waals surface area contributed by atoms with Crippen molar-refractivity contribution in [1.29, 1.82) is 5.26 Å². The van der Waals surface area contributed by atoms with Crippen LogP contribution in [0.4, 0.5) is 5.69 Å². The number of aromatic nitrogens is 1. The Labute approximate surface area is 111 Å². The molecule has 4 nitrogen and oxygen atoms in total. The molecule has 19 heavy (non-hydrogen) atoms. The highest BCUT2D eigenvalue weighted by Gasteiger charge is 2.16. The van der Waals surface area contributed by atoms with Crippen LogP contribution < -0.4 is 4.90 Å². The van der Waals surface area contributed by atoms with E-state index in [4.69, 9.17) is 5.26 Å². The van der Waals surface area contributed by atoms with Crippen molar-refractivity contribution in [3.8, 4) is 6.07 Å². The molecule has 1 amide bonds. The van der Waals surface area contributed by atoms with E-state index in [1.807, 2.05) is 43.3 Å². The first kappa shape index (κ1) is 12.8. The molecule has 4 heteroatoms. The minimum absolute atomic E-state index is 0.154. The Hall–Kier alpha value is -2.67. The Morgan fingerprint density at radius 1 is 1.32 bits per heavy atom. The lowest BCUT2D eigenvalue weighted by atomic mass is 10.2. The molecule has 0 saturated carbocycles. The smallest absolute Gasteiger partial charge is 0.259 e. The summed E-state index contributed by atoms with van der Waals surface area (Å²) >= 11 is 0. The summed E-state index contributed by atoms with van der Waals surface area (Å²) < 4.78 is 0. The summed E-state index contributed by atoms with van der Waals surface area (Å²) in [5.74, 6) is -0.154. The maximum Gasteiger partial charge on any atom is 0.259 e. The van der Waals surface area contributed by atoms with Crippen LogP contribution in [0.15, 0.2) is 48.8 Å². The minimum Gasteiger partial charge on any atom is -0.309 e. The number of carbonyl (C=O) groups excluding carboxylic acids is 1. The summed E-state index contributed by atoms with van der Waals surface area (Å²) in [7, 11) is 0. The van der Waals surface area contributed by atoms with E-state index >= 15 is 0 Å². The number of amides is 1. The molecule has 1 aromatic heterocycles. The lowest BCUT2D eigenvalue weighted by Gasteiger charge is -2.20. The first-order valence-corrected chi connectivity index (χ1v) is 5.98. The number of rotatable bonds is 3. The molecule has 0 aliphatic carbocycles. The predicted molar refractivity (Wildman–Crippen MR) is 72.7 cm³/mol. The molecule has 2 rings (SSSR count). The van der Waals surface area contributed by atoms with Gasteiger partial charge in [-0.15, -0.1) is 0 Å². The van der Waals surface area contributed by atoms with E-state index in [2.05, 4.69) is 4.98 Å². The second-order valence-corrected chi connectivity index (χ2v) is 3.96. The second kappa shape index (κ2) is 5.78. The van der Waals surface area contributed by atoms with Crippen LogP contribution >= 0.6 is 0 Å². The third-order valence-corrected chi connectivity index (χ3v) is 2.74. The van der Waals surface area contributed by atoms with Crippen molar-refractivity contribution in [2.45, 2.75) is 6.92 Å². The highest BCUT2D eigenvalue weighted by Crippen LogP contribution is 2.16. The molecule has 0 bridgehead atoms. The number of para-hydroxylation sites is 1. The molecule has 0 aliphatic rings. The number of hydrogen-bond donors (Lipinski definition) is 0. The van der Waals surface area contributed by atoms with Crippen LogP contribution in [-0.2, 0) is 0 Å². The molecule has 0 atom stereocenters. The molecule has 0 fully saturated rings. The van der Waals surface area contributed by atoms with E-state index in [9.17, 15) is 4.79 Å². The highest BCUT2D eigenvalue weighted by molar-refractivity contribution is 6.06. The van der Waals surface area contributed by atoms with Crippen LogP contribution in [-0.4, -0.2) is 17.4 Å². The van der Waals surface area contributed by atoms with Crippen molar-refractivity contribution in [2.75, 3.05) is 11.4 Å². The third kappa shape index (κ3) is 2.78. The summed E-state index contributed by atoms with van der Waals surface area (Å²) in [4.78, 5) is 18.0. The maximum absolute atomic E-state index is 12.4. The molecule has 0 unspecified atom stereocenters. The topological polar surface area (TPSA) is 57.0 Å². The molecular weight excluding hydrogens is 238 g/mol. The van der Waals surface area contributed by atoms with Crippen molar-refractivity contribution in [1.82, 2.24) is 4.98 Å². The average molecular weight is 251 g/mol. The fourth-order valence-corrected chi connectivity index (χ4v) is 1.83. The van der Waals surface area contributed by atoms with Crippen LogP contribution in [0.25, 0.3) is 0 Å². The fraction of sp³-hybridized carbons (Fsp3) is 0.133. The largest absolute Gasteiger partial charge is 0.309 e. The van der Waals surface area contributed by atoms with Crippen LogP contribution in [0.1, 0.15) is 22.8 Å². The van der Waals surface area contributed by atoms with Crippen LogP contribution in [0, 0.1) is 11.3 Å². The molecule has 1 heterocycles. The molecule has 0 N–H and O–H groups in total. The van der Waals surface area contributed by atoms with Crippen molar-refractivity contribution < 1.29 is 4.79 Å². The Morgan fingerprint density at radius 2 is 2.05 bits per heavy atom. The number of carbonyl (C=O) groups is 1. The van der Waals surface area contributed by atoms with E-state index in [1.165, 1.54) is 12.4 Å². The van der Waals surface area contributed by atoms with Gasteiger partial charge in [0.05, 0.1) is 11.1 Å². The molecule has 2 aromatic rings. The summed E-state index contributed by atoms with van der Waals surface area (Å²) in [5, 5.41) is 8.84. The minimum atomic E-state index is -0.154. The number of hydrogen-bond acceptors (Lipinski definition) is 3. The first-order valence-electron chi connectivity index (χ1n) is 5.98. The van der Waals surface area contributed by atoms with Crippen LogP contribution in [0.2, 0.25) is 0 Å². The van der Waals surface area contributed by atoms with Crippen molar-refractivity contribution >= 4 is 11.6 Å². The lowest BCUT2D eigenvalue weighted by Crippen LogP contribution is -2.30. The number of benzene rings is 1. The zero-order valence-electron chi connectivity index (χ0n) is 10.6. The summed E-state index contributed by atoms with van der Waals surface area (Å²) in [6.07, 6.45) is 2.92. The molecule has 1 aromatic carbocycles. The van der Waals surface area contributed by atoms with Gasteiger partial charge in [-0.1, -0.05) is 18.2 Å². The van der Waals surface area contributed by atoms with Gasteiger partial charge in [0.25, 0.3) is 5.91 Å². The number of anilines is 1. The van der Waals surface area contributed by atoms with Gasteiger partial charge in [-0.3, -0.25) is 9.78 Å². The van der Waals surface area contributed by atoms with Gasteiger partial charge in [0, 0.05) is 24.6 Å². The van der Waals surface area contributed by atoms with Crippen LogP contribution in [0.3, 0.4) is 0 Å². The monoisotopic (exact) mass is 251 g/mol. The second-order valence-electron chi connectivity index (χ2n) is 3.96. The molecule has 0 aliphatic heterocycles. The van der Waals surface area contributed by atoms with Gasteiger partial charge < -0.3 is 4.90 Å². The van der Waals surface area contributed by atoms with Gasteiger partial charge in [0.15, 0.2) is 0 Å². The van der Waals surface area contributed by atoms with Gasteiger partial charge in [-0.05, 0) is 25.1 Å². The van der Waals surface area contributed by atoms with Crippen molar-refractivity contribution in [2.24, 2.45) is 0 Å². The standard InChI is InChI=1S/C15H13N3O/c1-2-18(14-6-4-3-5-7-14)15(19)13-8-12(9-16)10-17-11-13/h3-8,10-11H,2H2,1H3. The molecule has 94 valence electrons. The lowest BCUT2D eigenvalue weighted by molar-refractivity contribution is 0.0988. The molecule has 0 saturated heterocycles. The Balaban J connectivity index is 2.34. The Bertz CT molecular complexity index is 617. The number of nitriles is 1. The van der Waals surface area contributed by atoms with Gasteiger partial charge in [-0.25, -0.2) is 0 Å². The van der Waals surface area contributed by atoms with Gasteiger partial charge in [0.1, 0.15) is 6.07 Å². The van der Waals surface area contributed by atoms with E-state index in [1.54, 1.807) is 11.0 Å². The van der Waals surface area contributed by atoms with Crippen molar-refractivity contribution in [3.05, 3.63) is 59.9 Å². The normalized spacial score (nSPS) is 9.68. The predicted octanol–water partition coefficient (Wildman–Crippen LogP) is 2.62. The van der Waals surface area contributed by atoms with Gasteiger partial charge in [0.2, 0.25) is 0 Å². The summed E-state index contributed by atoms with van der Waals surface area (Å²) in [6, 6.07) is 13.0. The van der Waals surface area contributed by atoms with E-state index in [0.29, 0.717) is 17.7 Å². The SMILES string of the molecule is CCN(C(=O)c1cncc(C#N)c1)c1ccccc1. The molecule has 0 spiro atoms. The molecular formula is C15H13N3O. The number of nitrogens with zero attached hydrogens (tertiary/aromatic N) is 3. The fourth-order valence-electron chi connectivity index (χ4n) is 1.83. The Kier molecular flexibility index (Phi) is 3.89. The third-order valence-electron chi connectivity index (χ3n) is 2.74. The van der Waals surface area contributed by atoms with E-state index in [-0.39, 0.29) is 5.91 Å². The van der Waals surface area contributed by atoms with Gasteiger partial charge in [-0.2, -0.15) is 5.26 Å². The maximum atomic E-state index is 12.4. The molecule has 0 radical (unpaired) electrons. The van der Waals surface area contributed by atoms with E-state index < -0.39 is 0 Å². The average Bonchev–Trinajstić information content (AvgIpc) is 2.49. The van der Waals surface area contributed by atoms with Crippen molar-refractivity contribution in [3.63, 3.8) is 0 Å². The Morgan fingerprint density at radius 3 is 2.68 bits per heavy atom. The number of pyridine rings is 1. The zero-order valence-corrected chi connectivity index (χ0v) is 10.6.